The summed E-state index contributed by atoms with van der Waals surface area (Å²) in [4.78, 5) is 17.5. The van der Waals surface area contributed by atoms with Crippen LogP contribution in [0.2, 0.25) is 0 Å². The van der Waals surface area contributed by atoms with Gasteiger partial charge in [0.05, 0.1) is 0 Å². The Bertz CT molecular complexity index is 616. The van der Waals surface area contributed by atoms with Gasteiger partial charge in [0.1, 0.15) is 11.7 Å². The van der Waals surface area contributed by atoms with Gasteiger partial charge in [0.25, 0.3) is 0 Å². The maximum absolute atomic E-state index is 12.5. The highest BCUT2D eigenvalue weighted by Gasteiger charge is 2.50. The molecule has 1 aliphatic carbocycles. The molecule has 2 heterocycles. The van der Waals surface area contributed by atoms with Crippen LogP contribution in [0.3, 0.4) is 0 Å². The topological polar surface area (TPSA) is 35.6 Å². The third kappa shape index (κ3) is 4.01. The van der Waals surface area contributed by atoms with E-state index in [0.717, 1.165) is 37.5 Å². The lowest BCUT2D eigenvalue weighted by atomic mass is 9.89. The average molecular weight is 370 g/mol. The third-order valence-electron chi connectivity index (χ3n) is 7.04. The average Bonchev–Trinajstić information content (AvgIpc) is 2.90. The summed E-state index contributed by atoms with van der Waals surface area (Å²) in [5.41, 5.74) is 0.965. The fourth-order valence-corrected chi connectivity index (χ4v) is 5.50. The molecule has 1 unspecified atom stereocenters. The van der Waals surface area contributed by atoms with Crippen LogP contribution in [0.4, 0.5) is 5.69 Å². The van der Waals surface area contributed by atoms with Crippen molar-refractivity contribution in [2.45, 2.75) is 76.4 Å². The fourth-order valence-electron chi connectivity index (χ4n) is 5.50. The highest BCUT2D eigenvalue weighted by atomic mass is 16.2. The van der Waals surface area contributed by atoms with E-state index in [-0.39, 0.29) is 17.6 Å². The summed E-state index contributed by atoms with van der Waals surface area (Å²) in [5.74, 6) is 1.05. The standard InChI is InChI=1S/C23H35N3O/c1-19-22(27)24-23(26(19)21-12-8-5-9-13-21)14-16-25(17-15-23)18-20-10-6-3-2-4-7-11-20/h5,8-9,12-13,19-20H,2-4,6-7,10-11,14-18H2,1H3,(H,24,27). The molecule has 1 aromatic carbocycles. The molecule has 1 amide bonds. The van der Waals surface area contributed by atoms with E-state index in [1.807, 2.05) is 13.0 Å². The Kier molecular flexibility index (Phi) is 5.72. The van der Waals surface area contributed by atoms with Crippen LogP contribution < -0.4 is 10.2 Å². The smallest absolute Gasteiger partial charge is 0.244 e. The van der Waals surface area contributed by atoms with Gasteiger partial charge in [0, 0.05) is 38.2 Å². The largest absolute Gasteiger partial charge is 0.337 e. The van der Waals surface area contributed by atoms with Crippen LogP contribution in [0.25, 0.3) is 0 Å². The number of rotatable bonds is 3. The Labute approximate surface area is 164 Å². The van der Waals surface area contributed by atoms with Crippen molar-refractivity contribution in [1.82, 2.24) is 10.2 Å². The Hall–Kier alpha value is -1.55. The van der Waals surface area contributed by atoms with Gasteiger partial charge < -0.3 is 15.1 Å². The van der Waals surface area contributed by atoms with Gasteiger partial charge in [-0.2, -0.15) is 0 Å². The first kappa shape index (κ1) is 18.8. The summed E-state index contributed by atoms with van der Waals surface area (Å²) in [5, 5.41) is 3.37. The zero-order valence-corrected chi connectivity index (χ0v) is 16.8. The molecule has 3 fully saturated rings. The number of nitrogens with one attached hydrogen (secondary N) is 1. The van der Waals surface area contributed by atoms with E-state index < -0.39 is 0 Å². The van der Waals surface area contributed by atoms with Gasteiger partial charge in [-0.15, -0.1) is 0 Å². The molecule has 148 valence electrons. The molecule has 2 aliphatic heterocycles. The summed E-state index contributed by atoms with van der Waals surface area (Å²) in [6, 6.07) is 10.4. The molecule has 4 rings (SSSR count). The van der Waals surface area contributed by atoms with Crippen molar-refractivity contribution in [2.24, 2.45) is 5.92 Å². The van der Waals surface area contributed by atoms with Crippen LogP contribution in [0.5, 0.6) is 0 Å². The van der Waals surface area contributed by atoms with Crippen molar-refractivity contribution < 1.29 is 4.79 Å². The zero-order chi connectivity index (χ0) is 18.7. The number of anilines is 1. The molecular formula is C23H35N3O. The number of para-hydroxylation sites is 1. The second-order valence-corrected chi connectivity index (χ2v) is 8.91. The third-order valence-corrected chi connectivity index (χ3v) is 7.04. The van der Waals surface area contributed by atoms with E-state index >= 15 is 0 Å². The van der Waals surface area contributed by atoms with Crippen LogP contribution in [-0.2, 0) is 4.79 Å². The number of carbonyl (C=O) groups excluding carboxylic acids is 1. The highest BCUT2D eigenvalue weighted by Crippen LogP contribution is 2.37. The Balaban J connectivity index is 1.41. The molecule has 0 bridgehead atoms. The molecule has 0 aromatic heterocycles. The van der Waals surface area contributed by atoms with E-state index in [1.54, 1.807) is 0 Å². The number of nitrogens with zero attached hydrogens (tertiary/aromatic N) is 2. The molecular weight excluding hydrogens is 334 g/mol. The Morgan fingerprint density at radius 1 is 1.00 bits per heavy atom. The van der Waals surface area contributed by atoms with Gasteiger partial charge in [0.15, 0.2) is 0 Å². The maximum atomic E-state index is 12.5. The van der Waals surface area contributed by atoms with Crippen LogP contribution >= 0.6 is 0 Å². The van der Waals surface area contributed by atoms with Gasteiger partial charge in [-0.05, 0) is 37.8 Å². The Morgan fingerprint density at radius 2 is 1.63 bits per heavy atom. The monoisotopic (exact) mass is 369 g/mol. The lowest BCUT2D eigenvalue weighted by Gasteiger charge is -2.46. The van der Waals surface area contributed by atoms with E-state index in [4.69, 9.17) is 0 Å². The molecule has 2 saturated heterocycles. The molecule has 1 spiro atoms. The van der Waals surface area contributed by atoms with Crippen LogP contribution in [0.1, 0.15) is 64.7 Å². The van der Waals surface area contributed by atoms with E-state index in [9.17, 15) is 4.79 Å². The van der Waals surface area contributed by atoms with Gasteiger partial charge in [-0.25, -0.2) is 0 Å². The molecule has 4 heteroatoms. The predicted octanol–water partition coefficient (Wildman–Crippen LogP) is 4.16. The summed E-state index contributed by atoms with van der Waals surface area (Å²) in [6.45, 7) is 5.47. The summed E-state index contributed by atoms with van der Waals surface area (Å²) in [6.07, 6.45) is 12.0. The normalized spacial score (nSPS) is 27.4. The Morgan fingerprint density at radius 3 is 2.30 bits per heavy atom. The van der Waals surface area contributed by atoms with Crippen molar-refractivity contribution >= 4 is 11.6 Å². The van der Waals surface area contributed by atoms with E-state index in [1.165, 1.54) is 51.5 Å². The van der Waals surface area contributed by atoms with Crippen molar-refractivity contribution in [3.05, 3.63) is 30.3 Å². The summed E-state index contributed by atoms with van der Waals surface area (Å²) >= 11 is 0. The first-order valence-corrected chi connectivity index (χ1v) is 11.1. The lowest BCUT2D eigenvalue weighted by molar-refractivity contribution is -0.120. The van der Waals surface area contributed by atoms with Gasteiger partial charge in [0.2, 0.25) is 5.91 Å². The van der Waals surface area contributed by atoms with E-state index in [0.29, 0.717) is 0 Å². The number of amides is 1. The second kappa shape index (κ2) is 8.22. The SMILES string of the molecule is CC1C(=O)NC2(CCN(CC3CCCCCCC3)CC2)N1c1ccccc1. The van der Waals surface area contributed by atoms with Gasteiger partial charge in [-0.3, -0.25) is 4.79 Å². The molecule has 0 radical (unpaired) electrons. The molecule has 1 saturated carbocycles. The molecule has 1 aromatic rings. The quantitative estimate of drug-likeness (QED) is 0.869. The maximum Gasteiger partial charge on any atom is 0.244 e. The van der Waals surface area contributed by atoms with Gasteiger partial charge >= 0.3 is 0 Å². The highest BCUT2D eigenvalue weighted by molar-refractivity contribution is 5.90. The van der Waals surface area contributed by atoms with Gasteiger partial charge in [-0.1, -0.05) is 50.3 Å². The second-order valence-electron chi connectivity index (χ2n) is 8.91. The number of hydrogen-bond donors (Lipinski definition) is 1. The zero-order valence-electron chi connectivity index (χ0n) is 16.8. The fraction of sp³-hybridized carbons (Fsp3) is 0.696. The molecule has 27 heavy (non-hydrogen) atoms. The van der Waals surface area contributed by atoms with Crippen molar-refractivity contribution in [2.75, 3.05) is 24.5 Å². The number of hydrogen-bond acceptors (Lipinski definition) is 3. The lowest BCUT2D eigenvalue weighted by Crippen LogP contribution is -2.59. The summed E-state index contributed by atoms with van der Waals surface area (Å²) < 4.78 is 0. The number of benzene rings is 1. The van der Waals surface area contributed by atoms with Crippen molar-refractivity contribution in [3.8, 4) is 0 Å². The molecule has 1 atom stereocenters. The number of likely N-dealkylation sites (tertiary alicyclic amines) is 1. The first-order valence-electron chi connectivity index (χ1n) is 11.1. The van der Waals surface area contributed by atoms with E-state index in [2.05, 4.69) is 39.4 Å². The van der Waals surface area contributed by atoms with Crippen LogP contribution in [0.15, 0.2) is 30.3 Å². The number of carbonyl (C=O) groups is 1. The molecule has 4 nitrogen and oxygen atoms in total. The minimum absolute atomic E-state index is 0.0930. The van der Waals surface area contributed by atoms with Crippen molar-refractivity contribution in [1.29, 1.82) is 0 Å². The summed E-state index contributed by atoms with van der Waals surface area (Å²) in [7, 11) is 0. The predicted molar refractivity (Wildman–Crippen MR) is 111 cm³/mol. The van der Waals surface area contributed by atoms with Crippen molar-refractivity contribution in [3.63, 3.8) is 0 Å². The minimum atomic E-state index is -0.199. The van der Waals surface area contributed by atoms with Crippen LogP contribution in [0, 0.1) is 5.92 Å². The molecule has 1 N–H and O–H groups in total. The first-order chi connectivity index (χ1) is 13.2. The van der Waals surface area contributed by atoms with Crippen LogP contribution in [-0.4, -0.2) is 42.1 Å². The minimum Gasteiger partial charge on any atom is -0.337 e. The number of piperidine rings is 1. The molecule has 3 aliphatic rings.